The quantitative estimate of drug-likeness (QED) is 0.490. The molecule has 31 heavy (non-hydrogen) atoms. The number of anilines is 2. The van der Waals surface area contributed by atoms with Crippen LogP contribution in [0.3, 0.4) is 0 Å². The molecule has 1 heterocycles. The largest absolute Gasteiger partial charge is 0.322 e. The molecule has 0 aliphatic rings. The van der Waals surface area contributed by atoms with Crippen molar-refractivity contribution >= 4 is 38.3 Å². The smallest absolute Gasteiger partial charge is 0.264 e. The summed E-state index contributed by atoms with van der Waals surface area (Å²) in [6.45, 7) is 3.53. The molecule has 0 atom stereocenters. The van der Waals surface area contributed by atoms with E-state index in [1.165, 1.54) is 12.1 Å². The number of carbonyl (C=O) groups excluding carboxylic acids is 1. The summed E-state index contributed by atoms with van der Waals surface area (Å²) in [5.41, 5.74) is 2.36. The van der Waals surface area contributed by atoms with Gasteiger partial charge >= 0.3 is 0 Å². The van der Waals surface area contributed by atoms with Gasteiger partial charge in [-0.1, -0.05) is 36.4 Å². The molecule has 7 nitrogen and oxygen atoms in total. The molecule has 0 aliphatic heterocycles. The van der Waals surface area contributed by atoms with Crippen molar-refractivity contribution in [2.24, 2.45) is 0 Å². The number of carbonyl (C=O) groups is 1. The maximum Gasteiger partial charge on any atom is 0.264 e. The third-order valence-corrected chi connectivity index (χ3v) is 6.01. The van der Waals surface area contributed by atoms with Gasteiger partial charge in [0.2, 0.25) is 5.95 Å². The molecule has 4 rings (SSSR count). The number of fused-ring (bicyclic) bond motifs is 1. The maximum atomic E-state index is 12.8. The van der Waals surface area contributed by atoms with Crippen LogP contribution in [0, 0.1) is 13.8 Å². The first kappa shape index (κ1) is 20.5. The zero-order chi connectivity index (χ0) is 22.0. The van der Waals surface area contributed by atoms with E-state index in [9.17, 15) is 13.2 Å². The van der Waals surface area contributed by atoms with E-state index in [1.54, 1.807) is 38.1 Å². The number of benzene rings is 3. The predicted molar refractivity (Wildman–Crippen MR) is 121 cm³/mol. The average Bonchev–Trinajstić information content (AvgIpc) is 2.72. The van der Waals surface area contributed by atoms with Crippen molar-refractivity contribution in [3.05, 3.63) is 89.7 Å². The highest BCUT2D eigenvalue weighted by Gasteiger charge is 2.17. The fourth-order valence-electron chi connectivity index (χ4n) is 3.29. The van der Waals surface area contributed by atoms with Crippen LogP contribution in [0.1, 0.15) is 21.7 Å². The highest BCUT2D eigenvalue weighted by molar-refractivity contribution is 7.92. The minimum absolute atomic E-state index is 0.0193. The lowest BCUT2D eigenvalue weighted by molar-refractivity contribution is 0.102. The van der Waals surface area contributed by atoms with Gasteiger partial charge in [0.05, 0.1) is 4.90 Å². The van der Waals surface area contributed by atoms with Crippen molar-refractivity contribution in [2.45, 2.75) is 18.7 Å². The average molecular weight is 433 g/mol. The van der Waals surface area contributed by atoms with E-state index >= 15 is 0 Å². The van der Waals surface area contributed by atoms with Crippen molar-refractivity contribution in [3.8, 4) is 0 Å². The lowest BCUT2D eigenvalue weighted by Crippen LogP contribution is -2.16. The van der Waals surface area contributed by atoms with E-state index in [4.69, 9.17) is 0 Å². The summed E-state index contributed by atoms with van der Waals surface area (Å²) >= 11 is 0. The Morgan fingerprint density at radius 1 is 0.839 bits per heavy atom. The van der Waals surface area contributed by atoms with Crippen LogP contribution in [0.15, 0.2) is 77.7 Å². The molecular formula is C23H20N4O3S. The van der Waals surface area contributed by atoms with Gasteiger partial charge in [0.1, 0.15) is 0 Å². The third-order valence-electron chi connectivity index (χ3n) is 4.66. The topological polar surface area (TPSA) is 101 Å². The number of hydrogen-bond acceptors (Lipinski definition) is 5. The summed E-state index contributed by atoms with van der Waals surface area (Å²) in [5, 5.41) is 4.63. The van der Waals surface area contributed by atoms with Gasteiger partial charge in [-0.15, -0.1) is 0 Å². The first-order valence-electron chi connectivity index (χ1n) is 9.56. The van der Waals surface area contributed by atoms with E-state index in [0.29, 0.717) is 22.6 Å². The fraction of sp³-hybridized carbons (Fsp3) is 0.0870. The lowest BCUT2D eigenvalue weighted by Gasteiger charge is -2.10. The highest BCUT2D eigenvalue weighted by atomic mass is 32.2. The number of aromatic nitrogens is 2. The van der Waals surface area contributed by atoms with E-state index in [2.05, 4.69) is 20.0 Å². The number of aryl methyl sites for hydroxylation is 2. The standard InChI is InChI=1S/C23H20N4O3S/c1-15-14-16(2)25-23(24-15)27-31(29,30)19-12-10-18(11-13-19)26-22(28)21-9-5-7-17-6-3-4-8-20(17)21/h3-14H,1-2H3,(H,26,28)(H,24,25,27). The second-order valence-corrected chi connectivity index (χ2v) is 8.77. The summed E-state index contributed by atoms with van der Waals surface area (Å²) in [6.07, 6.45) is 0. The summed E-state index contributed by atoms with van der Waals surface area (Å²) < 4.78 is 27.7. The molecule has 8 heteroatoms. The minimum atomic E-state index is -3.86. The molecule has 0 saturated carbocycles. The van der Waals surface area contributed by atoms with Crippen LogP contribution in [0.5, 0.6) is 0 Å². The molecule has 1 amide bonds. The molecule has 0 saturated heterocycles. The molecule has 156 valence electrons. The van der Waals surface area contributed by atoms with Crippen LogP contribution < -0.4 is 10.0 Å². The molecule has 0 radical (unpaired) electrons. The van der Waals surface area contributed by atoms with Gasteiger partial charge in [0.15, 0.2) is 0 Å². The van der Waals surface area contributed by atoms with Gasteiger partial charge in [0.25, 0.3) is 15.9 Å². The van der Waals surface area contributed by atoms with Crippen molar-refractivity contribution < 1.29 is 13.2 Å². The van der Waals surface area contributed by atoms with Crippen molar-refractivity contribution in [3.63, 3.8) is 0 Å². The number of rotatable bonds is 5. The van der Waals surface area contributed by atoms with E-state index in [1.807, 2.05) is 36.4 Å². The van der Waals surface area contributed by atoms with Gasteiger partial charge < -0.3 is 5.32 Å². The molecule has 0 spiro atoms. The number of amides is 1. The third kappa shape index (κ3) is 4.54. The van der Waals surface area contributed by atoms with Crippen molar-refractivity contribution in [1.82, 2.24) is 9.97 Å². The van der Waals surface area contributed by atoms with E-state index in [-0.39, 0.29) is 16.8 Å². The summed E-state index contributed by atoms with van der Waals surface area (Å²) in [6, 6.07) is 20.8. The Balaban J connectivity index is 1.53. The molecule has 3 aromatic carbocycles. The van der Waals surface area contributed by atoms with Gasteiger partial charge in [-0.2, -0.15) is 0 Å². The van der Waals surface area contributed by atoms with Crippen LogP contribution in [0.4, 0.5) is 11.6 Å². The summed E-state index contributed by atoms with van der Waals surface area (Å²) in [5.74, 6) is -0.250. The number of sulfonamides is 1. The zero-order valence-corrected chi connectivity index (χ0v) is 17.8. The van der Waals surface area contributed by atoms with Crippen LogP contribution in [-0.2, 0) is 10.0 Å². The first-order chi connectivity index (χ1) is 14.8. The molecule has 0 unspecified atom stereocenters. The Morgan fingerprint density at radius 2 is 1.48 bits per heavy atom. The number of nitrogens with zero attached hydrogens (tertiary/aromatic N) is 2. The van der Waals surface area contributed by atoms with E-state index in [0.717, 1.165) is 10.8 Å². The number of nitrogens with one attached hydrogen (secondary N) is 2. The van der Waals surface area contributed by atoms with Gasteiger partial charge in [-0.3, -0.25) is 4.79 Å². The molecule has 0 bridgehead atoms. The van der Waals surface area contributed by atoms with Crippen LogP contribution in [0.2, 0.25) is 0 Å². The van der Waals surface area contributed by atoms with Gasteiger partial charge in [-0.25, -0.2) is 23.1 Å². The minimum Gasteiger partial charge on any atom is -0.322 e. The molecular weight excluding hydrogens is 412 g/mol. The molecule has 0 aliphatic carbocycles. The van der Waals surface area contributed by atoms with E-state index < -0.39 is 10.0 Å². The second kappa shape index (κ2) is 8.16. The molecule has 2 N–H and O–H groups in total. The zero-order valence-electron chi connectivity index (χ0n) is 17.0. The van der Waals surface area contributed by atoms with Gasteiger partial charge in [-0.05, 0) is 61.0 Å². The Hall–Kier alpha value is -3.78. The Labute approximate surface area is 180 Å². The van der Waals surface area contributed by atoms with Crippen LogP contribution in [-0.4, -0.2) is 24.3 Å². The normalized spacial score (nSPS) is 11.3. The lowest BCUT2D eigenvalue weighted by atomic mass is 10.0. The molecule has 4 aromatic rings. The molecule has 1 aromatic heterocycles. The molecule has 0 fully saturated rings. The van der Waals surface area contributed by atoms with Crippen LogP contribution >= 0.6 is 0 Å². The summed E-state index contributed by atoms with van der Waals surface area (Å²) in [4.78, 5) is 21.0. The predicted octanol–water partition coefficient (Wildman–Crippen LogP) is 4.30. The van der Waals surface area contributed by atoms with Crippen molar-refractivity contribution in [2.75, 3.05) is 10.0 Å². The highest BCUT2D eigenvalue weighted by Crippen LogP contribution is 2.21. The Morgan fingerprint density at radius 3 is 2.19 bits per heavy atom. The van der Waals surface area contributed by atoms with Crippen LogP contribution in [0.25, 0.3) is 10.8 Å². The van der Waals surface area contributed by atoms with Crippen molar-refractivity contribution in [1.29, 1.82) is 0 Å². The number of hydrogen-bond donors (Lipinski definition) is 2. The monoisotopic (exact) mass is 432 g/mol. The Kier molecular flexibility index (Phi) is 5.39. The Bertz CT molecular complexity index is 1360. The van der Waals surface area contributed by atoms with Gasteiger partial charge in [0, 0.05) is 22.6 Å². The summed E-state index contributed by atoms with van der Waals surface area (Å²) in [7, 11) is -3.86. The second-order valence-electron chi connectivity index (χ2n) is 7.09. The maximum absolute atomic E-state index is 12.8. The first-order valence-corrected chi connectivity index (χ1v) is 11.0. The SMILES string of the molecule is Cc1cc(C)nc(NS(=O)(=O)c2ccc(NC(=O)c3cccc4ccccc34)cc2)n1. The fourth-order valence-corrected chi connectivity index (χ4v) is 4.23.